The van der Waals surface area contributed by atoms with E-state index in [1.807, 2.05) is 60.7 Å². The van der Waals surface area contributed by atoms with Gasteiger partial charge in [0, 0.05) is 18.2 Å². The molecule has 2 aromatic carbocycles. The normalized spacial score (nSPS) is 21.0. The summed E-state index contributed by atoms with van der Waals surface area (Å²) in [6, 6.07) is 19.2. The van der Waals surface area contributed by atoms with E-state index in [1.54, 1.807) is 6.08 Å². The number of carbonyl (C=O) groups is 1. The second-order valence-electron chi connectivity index (χ2n) is 5.15. The molecule has 2 aromatic rings. The molecule has 3 nitrogen and oxygen atoms in total. The molecule has 0 spiro atoms. The molecule has 0 aromatic heterocycles. The molecule has 1 amide bonds. The lowest BCUT2D eigenvalue weighted by Crippen LogP contribution is -2.44. The summed E-state index contributed by atoms with van der Waals surface area (Å²) in [7, 11) is 0. The maximum atomic E-state index is 12.1. The summed E-state index contributed by atoms with van der Waals surface area (Å²) in [4.78, 5) is 13.6. The first-order chi connectivity index (χ1) is 10.2. The fourth-order valence-corrected chi connectivity index (χ4v) is 2.64. The molecule has 21 heavy (non-hydrogen) atoms. The van der Waals surface area contributed by atoms with Crippen LogP contribution in [0.25, 0.3) is 0 Å². The molecule has 0 saturated heterocycles. The van der Waals surface area contributed by atoms with E-state index in [1.165, 1.54) is 11.0 Å². The smallest absolute Gasteiger partial charge is 0.249 e. The Hall–Kier alpha value is -2.39. The molecule has 0 aliphatic carbocycles. The minimum absolute atomic E-state index is 0.155. The molecule has 1 N–H and O–H groups in total. The average molecular weight is 279 g/mol. The van der Waals surface area contributed by atoms with Crippen molar-refractivity contribution in [2.75, 3.05) is 6.54 Å². The van der Waals surface area contributed by atoms with Gasteiger partial charge in [0.15, 0.2) is 5.72 Å². The molecule has 0 saturated carbocycles. The topological polar surface area (TPSA) is 40.5 Å². The zero-order chi connectivity index (χ0) is 14.7. The summed E-state index contributed by atoms with van der Waals surface area (Å²) >= 11 is 0. The Bertz CT molecular complexity index is 651. The van der Waals surface area contributed by atoms with Crippen molar-refractivity contribution in [3.8, 4) is 0 Å². The van der Waals surface area contributed by atoms with Gasteiger partial charge in [0.05, 0.1) is 0 Å². The van der Waals surface area contributed by atoms with Gasteiger partial charge >= 0.3 is 0 Å². The van der Waals surface area contributed by atoms with E-state index < -0.39 is 5.72 Å². The molecule has 1 atom stereocenters. The summed E-state index contributed by atoms with van der Waals surface area (Å²) in [6.45, 7) is 0.473. The highest BCUT2D eigenvalue weighted by Crippen LogP contribution is 2.32. The summed E-state index contributed by atoms with van der Waals surface area (Å²) in [5.74, 6) is -0.155. The monoisotopic (exact) mass is 279 g/mol. The van der Waals surface area contributed by atoms with Crippen molar-refractivity contribution in [1.29, 1.82) is 0 Å². The van der Waals surface area contributed by atoms with E-state index in [0.717, 1.165) is 5.56 Å². The Kier molecular flexibility index (Phi) is 3.59. The van der Waals surface area contributed by atoms with Crippen molar-refractivity contribution in [2.24, 2.45) is 0 Å². The van der Waals surface area contributed by atoms with E-state index in [2.05, 4.69) is 0 Å². The maximum absolute atomic E-state index is 12.1. The number of rotatable bonds is 4. The highest BCUT2D eigenvalue weighted by molar-refractivity contribution is 5.91. The fourth-order valence-electron chi connectivity index (χ4n) is 2.64. The third-order valence-electron chi connectivity index (χ3n) is 3.80. The first-order valence-electron chi connectivity index (χ1n) is 7.03. The Balaban J connectivity index is 1.81. The van der Waals surface area contributed by atoms with Crippen LogP contribution in [0.5, 0.6) is 0 Å². The van der Waals surface area contributed by atoms with Gasteiger partial charge in [-0.05, 0) is 18.1 Å². The van der Waals surface area contributed by atoms with Crippen LogP contribution in [0, 0.1) is 0 Å². The highest BCUT2D eigenvalue weighted by atomic mass is 16.3. The van der Waals surface area contributed by atoms with Crippen LogP contribution in [0.2, 0.25) is 0 Å². The van der Waals surface area contributed by atoms with E-state index in [0.29, 0.717) is 18.5 Å². The quantitative estimate of drug-likeness (QED) is 0.934. The van der Waals surface area contributed by atoms with Crippen LogP contribution in [0.4, 0.5) is 0 Å². The van der Waals surface area contributed by atoms with Crippen LogP contribution in [-0.4, -0.2) is 22.5 Å². The zero-order valence-electron chi connectivity index (χ0n) is 11.6. The largest absolute Gasteiger partial charge is 0.363 e. The van der Waals surface area contributed by atoms with E-state index >= 15 is 0 Å². The van der Waals surface area contributed by atoms with Gasteiger partial charge in [0.25, 0.3) is 0 Å². The number of amides is 1. The predicted octanol–water partition coefficient (Wildman–Crippen LogP) is 2.47. The molecule has 1 heterocycles. The number of hydrogen-bond acceptors (Lipinski definition) is 2. The van der Waals surface area contributed by atoms with Gasteiger partial charge in [-0.25, -0.2) is 0 Å². The molecular formula is C18H17NO2. The van der Waals surface area contributed by atoms with Crippen molar-refractivity contribution in [2.45, 2.75) is 12.1 Å². The number of aliphatic hydroxyl groups is 1. The van der Waals surface area contributed by atoms with Crippen LogP contribution in [0.1, 0.15) is 11.1 Å². The SMILES string of the molecule is O=C1C=CC(O)(c2ccccc2)N1CCc1ccccc1. The lowest BCUT2D eigenvalue weighted by molar-refractivity contribution is -0.142. The van der Waals surface area contributed by atoms with Gasteiger partial charge in [-0.3, -0.25) is 4.79 Å². The second kappa shape index (κ2) is 5.54. The van der Waals surface area contributed by atoms with Gasteiger partial charge in [-0.2, -0.15) is 0 Å². The van der Waals surface area contributed by atoms with Crippen LogP contribution in [-0.2, 0) is 16.9 Å². The van der Waals surface area contributed by atoms with E-state index in [9.17, 15) is 9.90 Å². The number of hydrogen-bond donors (Lipinski definition) is 1. The van der Waals surface area contributed by atoms with Gasteiger partial charge in [0.1, 0.15) is 0 Å². The summed E-state index contributed by atoms with van der Waals surface area (Å²) in [6.07, 6.45) is 3.72. The van der Waals surface area contributed by atoms with Gasteiger partial charge in [-0.15, -0.1) is 0 Å². The van der Waals surface area contributed by atoms with Crippen molar-refractivity contribution in [1.82, 2.24) is 4.90 Å². The molecular weight excluding hydrogens is 262 g/mol. The Morgan fingerprint density at radius 1 is 0.952 bits per heavy atom. The van der Waals surface area contributed by atoms with Gasteiger partial charge in [0.2, 0.25) is 5.91 Å². The number of benzene rings is 2. The summed E-state index contributed by atoms with van der Waals surface area (Å²) in [5, 5.41) is 10.9. The molecule has 3 rings (SSSR count). The average Bonchev–Trinajstić information content (AvgIpc) is 2.83. The Labute approximate surface area is 124 Å². The van der Waals surface area contributed by atoms with Crippen molar-refractivity contribution in [3.63, 3.8) is 0 Å². The second-order valence-corrected chi connectivity index (χ2v) is 5.15. The van der Waals surface area contributed by atoms with Crippen molar-refractivity contribution < 1.29 is 9.90 Å². The minimum Gasteiger partial charge on any atom is -0.363 e. The van der Waals surface area contributed by atoms with Crippen LogP contribution >= 0.6 is 0 Å². The minimum atomic E-state index is -1.34. The molecule has 0 fully saturated rings. The summed E-state index contributed by atoms with van der Waals surface area (Å²) in [5.41, 5.74) is 0.514. The molecule has 1 unspecified atom stereocenters. The van der Waals surface area contributed by atoms with Crippen molar-refractivity contribution >= 4 is 5.91 Å². The lowest BCUT2D eigenvalue weighted by Gasteiger charge is -2.33. The first kappa shape index (κ1) is 13.6. The summed E-state index contributed by atoms with van der Waals surface area (Å²) < 4.78 is 0. The highest BCUT2D eigenvalue weighted by Gasteiger charge is 2.40. The first-order valence-corrected chi connectivity index (χ1v) is 7.03. The molecule has 1 aliphatic rings. The molecule has 1 aliphatic heterocycles. The van der Waals surface area contributed by atoms with Crippen LogP contribution < -0.4 is 0 Å². The lowest BCUT2D eigenvalue weighted by atomic mass is 10.0. The van der Waals surface area contributed by atoms with E-state index in [-0.39, 0.29) is 5.91 Å². The number of carbonyl (C=O) groups excluding carboxylic acids is 1. The fraction of sp³-hybridized carbons (Fsp3) is 0.167. The Morgan fingerprint density at radius 2 is 1.57 bits per heavy atom. The molecule has 0 bridgehead atoms. The van der Waals surface area contributed by atoms with Crippen LogP contribution in [0.15, 0.2) is 72.8 Å². The van der Waals surface area contributed by atoms with Gasteiger partial charge in [-0.1, -0.05) is 60.7 Å². The number of nitrogens with zero attached hydrogens (tertiary/aromatic N) is 1. The Morgan fingerprint density at radius 3 is 2.24 bits per heavy atom. The maximum Gasteiger partial charge on any atom is 0.249 e. The van der Waals surface area contributed by atoms with E-state index in [4.69, 9.17) is 0 Å². The molecule has 0 radical (unpaired) electrons. The third kappa shape index (κ3) is 2.60. The zero-order valence-corrected chi connectivity index (χ0v) is 11.6. The predicted molar refractivity (Wildman–Crippen MR) is 81.3 cm³/mol. The van der Waals surface area contributed by atoms with Crippen molar-refractivity contribution in [3.05, 3.63) is 83.9 Å². The van der Waals surface area contributed by atoms with Crippen LogP contribution in [0.3, 0.4) is 0 Å². The molecule has 3 heteroatoms. The standard InChI is InChI=1S/C18H17NO2/c20-17-11-13-18(21,16-9-5-2-6-10-16)19(17)14-12-15-7-3-1-4-8-15/h1-11,13,21H,12,14H2. The third-order valence-corrected chi connectivity index (χ3v) is 3.80. The van der Waals surface area contributed by atoms with Gasteiger partial charge < -0.3 is 10.0 Å². The molecule has 106 valence electrons.